The Balaban J connectivity index is 1.82. The van der Waals surface area contributed by atoms with Gasteiger partial charge in [0.15, 0.2) is 0 Å². The highest BCUT2D eigenvalue weighted by Gasteiger charge is 2.21. The van der Waals surface area contributed by atoms with Gasteiger partial charge in [0.1, 0.15) is 5.82 Å². The Kier molecular flexibility index (Phi) is 2.30. The first-order valence-electron chi connectivity index (χ1n) is 5.67. The predicted octanol–water partition coefficient (Wildman–Crippen LogP) is 2.52. The molecule has 0 spiro atoms. The molecule has 2 aromatic rings. The Morgan fingerprint density at radius 2 is 2.06 bits per heavy atom. The van der Waals surface area contributed by atoms with E-state index in [1.165, 1.54) is 12.8 Å². The number of nitrogens with one attached hydrogen (secondary N) is 2. The van der Waals surface area contributed by atoms with Crippen LogP contribution in [0, 0.1) is 11.3 Å². The summed E-state index contributed by atoms with van der Waals surface area (Å²) < 4.78 is 0. The largest absolute Gasteiger partial charge is 0.366 e. The van der Waals surface area contributed by atoms with Crippen LogP contribution in [0.4, 0.5) is 5.82 Å². The molecule has 4 nitrogen and oxygen atoms in total. The maximum atomic E-state index is 8.73. The summed E-state index contributed by atoms with van der Waals surface area (Å²) in [6.07, 6.45) is 2.47. The highest BCUT2D eigenvalue weighted by molar-refractivity contribution is 5.63. The Hall–Kier alpha value is -2.28. The number of hydrogen-bond acceptors (Lipinski definition) is 3. The molecule has 84 valence electrons. The van der Waals surface area contributed by atoms with E-state index < -0.39 is 0 Å². The van der Waals surface area contributed by atoms with Crippen molar-refractivity contribution in [3.63, 3.8) is 0 Å². The molecule has 1 aromatic carbocycles. The van der Waals surface area contributed by atoms with E-state index >= 15 is 0 Å². The van der Waals surface area contributed by atoms with Crippen LogP contribution >= 0.6 is 0 Å². The van der Waals surface area contributed by atoms with Crippen molar-refractivity contribution in [3.05, 3.63) is 35.9 Å². The number of aromatic nitrogens is 2. The Bertz CT molecular complexity index is 558. The van der Waals surface area contributed by atoms with Gasteiger partial charge in [-0.2, -0.15) is 10.4 Å². The standard InChI is InChI=1S/C13H12N4/c14-8-9-1-3-10(4-2-9)12-7-13(17-16-12)15-11-5-6-11/h1-4,7,11H,5-6H2,(H2,15,16,17). The molecular weight excluding hydrogens is 212 g/mol. The van der Waals surface area contributed by atoms with Gasteiger partial charge in [0, 0.05) is 12.1 Å². The monoisotopic (exact) mass is 224 g/mol. The van der Waals surface area contributed by atoms with E-state index in [0.717, 1.165) is 17.1 Å². The highest BCUT2D eigenvalue weighted by Crippen LogP contribution is 2.26. The van der Waals surface area contributed by atoms with Crippen molar-refractivity contribution in [2.45, 2.75) is 18.9 Å². The van der Waals surface area contributed by atoms with Crippen molar-refractivity contribution in [3.8, 4) is 17.3 Å². The molecule has 0 bridgehead atoms. The lowest BCUT2D eigenvalue weighted by Gasteiger charge is -1.97. The van der Waals surface area contributed by atoms with Crippen molar-refractivity contribution in [1.82, 2.24) is 10.2 Å². The van der Waals surface area contributed by atoms with E-state index in [2.05, 4.69) is 21.6 Å². The normalized spacial score (nSPS) is 14.3. The van der Waals surface area contributed by atoms with E-state index in [0.29, 0.717) is 11.6 Å². The molecule has 1 aliphatic carbocycles. The van der Waals surface area contributed by atoms with Gasteiger partial charge in [-0.1, -0.05) is 12.1 Å². The fourth-order valence-corrected chi connectivity index (χ4v) is 1.70. The van der Waals surface area contributed by atoms with Gasteiger partial charge in [0.25, 0.3) is 0 Å². The Morgan fingerprint density at radius 1 is 1.29 bits per heavy atom. The van der Waals surface area contributed by atoms with E-state index in [1.807, 2.05) is 30.3 Å². The topological polar surface area (TPSA) is 64.5 Å². The van der Waals surface area contributed by atoms with Gasteiger partial charge in [-0.05, 0) is 30.5 Å². The molecular formula is C13H12N4. The minimum atomic E-state index is 0.604. The summed E-state index contributed by atoms with van der Waals surface area (Å²) in [5.74, 6) is 0.895. The summed E-state index contributed by atoms with van der Waals surface area (Å²) >= 11 is 0. The molecule has 3 rings (SSSR count). The average molecular weight is 224 g/mol. The van der Waals surface area contributed by atoms with Gasteiger partial charge in [0.2, 0.25) is 0 Å². The lowest BCUT2D eigenvalue weighted by atomic mass is 10.1. The number of aromatic amines is 1. The molecule has 1 aromatic heterocycles. The molecule has 0 atom stereocenters. The van der Waals surface area contributed by atoms with Gasteiger partial charge >= 0.3 is 0 Å². The summed E-state index contributed by atoms with van der Waals surface area (Å²) in [7, 11) is 0. The van der Waals surface area contributed by atoms with Crippen molar-refractivity contribution in [2.24, 2.45) is 0 Å². The smallest absolute Gasteiger partial charge is 0.148 e. The van der Waals surface area contributed by atoms with Crippen molar-refractivity contribution < 1.29 is 0 Å². The number of hydrogen-bond donors (Lipinski definition) is 2. The molecule has 1 aliphatic rings. The number of nitrogens with zero attached hydrogens (tertiary/aromatic N) is 2. The summed E-state index contributed by atoms with van der Waals surface area (Å²) in [5, 5.41) is 19.3. The molecule has 0 unspecified atom stereocenters. The zero-order valence-corrected chi connectivity index (χ0v) is 9.27. The second-order valence-electron chi connectivity index (χ2n) is 4.27. The lowest BCUT2D eigenvalue weighted by molar-refractivity contribution is 1.05. The van der Waals surface area contributed by atoms with Gasteiger partial charge in [-0.15, -0.1) is 0 Å². The molecule has 0 amide bonds. The molecule has 4 heteroatoms. The first kappa shape index (κ1) is 9.91. The molecule has 1 heterocycles. The van der Waals surface area contributed by atoms with Crippen LogP contribution in [0.5, 0.6) is 0 Å². The van der Waals surface area contributed by atoms with Crippen LogP contribution < -0.4 is 5.32 Å². The minimum Gasteiger partial charge on any atom is -0.366 e. The third-order valence-electron chi connectivity index (χ3n) is 2.83. The van der Waals surface area contributed by atoms with E-state index in [-0.39, 0.29) is 0 Å². The van der Waals surface area contributed by atoms with Gasteiger partial charge < -0.3 is 5.32 Å². The van der Waals surface area contributed by atoms with E-state index in [1.54, 1.807) is 0 Å². The van der Waals surface area contributed by atoms with Crippen LogP contribution in [0.3, 0.4) is 0 Å². The van der Waals surface area contributed by atoms with Crippen LogP contribution in [-0.4, -0.2) is 16.2 Å². The third-order valence-corrected chi connectivity index (χ3v) is 2.83. The zero-order valence-electron chi connectivity index (χ0n) is 9.27. The number of nitriles is 1. The van der Waals surface area contributed by atoms with Gasteiger partial charge in [-0.3, -0.25) is 5.10 Å². The summed E-state index contributed by atoms with van der Waals surface area (Å²) in [5.41, 5.74) is 2.68. The van der Waals surface area contributed by atoms with Crippen LogP contribution in [0.15, 0.2) is 30.3 Å². The SMILES string of the molecule is N#Cc1ccc(-c2cc(NC3CC3)n[nH]2)cc1. The van der Waals surface area contributed by atoms with Crippen LogP contribution in [0.2, 0.25) is 0 Å². The maximum absolute atomic E-state index is 8.73. The van der Waals surface area contributed by atoms with Crippen LogP contribution in [0.25, 0.3) is 11.3 Å². The molecule has 0 aliphatic heterocycles. The van der Waals surface area contributed by atoms with Crippen molar-refractivity contribution in [2.75, 3.05) is 5.32 Å². The maximum Gasteiger partial charge on any atom is 0.148 e. The van der Waals surface area contributed by atoms with Crippen molar-refractivity contribution in [1.29, 1.82) is 5.26 Å². The van der Waals surface area contributed by atoms with E-state index in [9.17, 15) is 0 Å². The molecule has 17 heavy (non-hydrogen) atoms. The first-order chi connectivity index (χ1) is 8.35. The summed E-state index contributed by atoms with van der Waals surface area (Å²) in [4.78, 5) is 0. The van der Waals surface area contributed by atoms with Gasteiger partial charge in [-0.25, -0.2) is 0 Å². The second-order valence-corrected chi connectivity index (χ2v) is 4.27. The van der Waals surface area contributed by atoms with E-state index in [4.69, 9.17) is 5.26 Å². The minimum absolute atomic E-state index is 0.604. The Morgan fingerprint density at radius 3 is 2.71 bits per heavy atom. The molecule has 1 saturated carbocycles. The summed E-state index contributed by atoms with van der Waals surface area (Å²) in [6.45, 7) is 0. The number of rotatable bonds is 3. The second kappa shape index (κ2) is 3.95. The highest BCUT2D eigenvalue weighted by atomic mass is 15.2. The Labute approximate surface area is 99.3 Å². The lowest BCUT2D eigenvalue weighted by Crippen LogP contribution is -2.00. The molecule has 1 fully saturated rings. The first-order valence-corrected chi connectivity index (χ1v) is 5.67. The fraction of sp³-hybridized carbons (Fsp3) is 0.231. The predicted molar refractivity (Wildman–Crippen MR) is 65.4 cm³/mol. The average Bonchev–Trinajstić information content (AvgIpc) is 3.06. The molecule has 2 N–H and O–H groups in total. The van der Waals surface area contributed by atoms with Crippen LogP contribution in [-0.2, 0) is 0 Å². The number of benzene rings is 1. The quantitative estimate of drug-likeness (QED) is 0.842. The zero-order chi connectivity index (χ0) is 11.7. The third kappa shape index (κ3) is 2.13. The number of anilines is 1. The van der Waals surface area contributed by atoms with Crippen molar-refractivity contribution >= 4 is 5.82 Å². The molecule has 0 radical (unpaired) electrons. The fourth-order valence-electron chi connectivity index (χ4n) is 1.70. The number of H-pyrrole nitrogens is 1. The summed E-state index contributed by atoms with van der Waals surface area (Å²) in [6, 6.07) is 12.2. The van der Waals surface area contributed by atoms with Crippen LogP contribution in [0.1, 0.15) is 18.4 Å². The van der Waals surface area contributed by atoms with Gasteiger partial charge in [0.05, 0.1) is 17.3 Å². The molecule has 0 saturated heterocycles.